The van der Waals surface area contributed by atoms with E-state index in [1.165, 1.54) is 4.90 Å². The zero-order valence-electron chi connectivity index (χ0n) is 6.14. The van der Waals surface area contributed by atoms with E-state index in [2.05, 4.69) is 0 Å². The molecular formula is C3H9BeNO. The third-order valence-electron chi connectivity index (χ3n) is 0.211. The first-order valence-electron chi connectivity index (χ1n) is 1.39. The summed E-state index contributed by atoms with van der Waals surface area (Å²) in [6.45, 7) is 0. The van der Waals surface area contributed by atoms with Crippen LogP contribution < -0.4 is 0 Å². The van der Waals surface area contributed by atoms with Crippen molar-refractivity contribution < 1.29 is 7.65 Å². The van der Waals surface area contributed by atoms with Crippen molar-refractivity contribution in [3.05, 3.63) is 0 Å². The fraction of sp³-hybridized carbons (Fsp3) is 0.667. The molecule has 0 rings (SSSR count). The van der Waals surface area contributed by atoms with Gasteiger partial charge in [-0.3, -0.25) is 4.79 Å². The Balaban J connectivity index is -0.0000000267. The van der Waals surface area contributed by atoms with Crippen LogP contribution in [-0.2, 0) is 4.79 Å². The first kappa shape index (κ1) is 9.16. The van der Waals surface area contributed by atoms with Crippen molar-refractivity contribution in [3.63, 3.8) is 0 Å². The molecule has 0 radical (unpaired) electrons. The Kier molecular flexibility index (Phi) is 7.08. The zero-order chi connectivity index (χ0) is 4.28. The molecule has 0 saturated carbocycles. The van der Waals surface area contributed by atoms with Crippen molar-refractivity contribution in [2.24, 2.45) is 0 Å². The molecule has 0 aromatic heterocycles. The Morgan fingerprint density at radius 3 is 1.83 bits per heavy atom. The number of nitrogens with zero attached hydrogens (tertiary/aromatic N) is 1. The van der Waals surface area contributed by atoms with Crippen LogP contribution in [-0.4, -0.2) is 35.5 Å². The molecule has 0 unspecified atom stereocenters. The topological polar surface area (TPSA) is 20.3 Å². The summed E-state index contributed by atoms with van der Waals surface area (Å²) >= 11 is 0. The normalized spacial score (nSPS) is 5.67. The molecule has 0 heterocycles. The number of hydrogen-bond donors (Lipinski definition) is 0. The largest absolute Gasteiger partial charge is 2.00 e. The molecule has 0 bridgehead atoms. The first-order chi connectivity index (χ1) is 2.27. The Bertz CT molecular complexity index is 44.3. The average Bonchev–Trinajstić information content (AvgIpc) is 1.38. The van der Waals surface area contributed by atoms with Gasteiger partial charge in [0.2, 0.25) is 6.41 Å². The van der Waals surface area contributed by atoms with Gasteiger partial charge in [0.15, 0.2) is 0 Å². The summed E-state index contributed by atoms with van der Waals surface area (Å²) in [5, 5.41) is 0. The molecule has 0 aliphatic carbocycles. The molecule has 34 valence electrons. The second kappa shape index (κ2) is 4.64. The maximum absolute atomic E-state index is 9.43. The standard InChI is InChI=1S/C3H7NO.Be.2H/c1-4(2)3-5;;;/h3H,1-2H3;;;/q;+2;2*-1. The Labute approximate surface area is 44.3 Å². The summed E-state index contributed by atoms with van der Waals surface area (Å²) < 4.78 is 0. The minimum atomic E-state index is 0. The molecule has 6 heavy (non-hydrogen) atoms. The molecule has 0 aliphatic heterocycles. The van der Waals surface area contributed by atoms with E-state index in [9.17, 15) is 4.79 Å². The summed E-state index contributed by atoms with van der Waals surface area (Å²) in [6, 6.07) is 0. The van der Waals surface area contributed by atoms with Crippen LogP contribution in [0.15, 0.2) is 0 Å². The Morgan fingerprint density at radius 2 is 1.83 bits per heavy atom. The van der Waals surface area contributed by atoms with E-state index in [0.717, 1.165) is 6.41 Å². The third-order valence-corrected chi connectivity index (χ3v) is 0.211. The van der Waals surface area contributed by atoms with Gasteiger partial charge >= 0.3 is 10.1 Å². The molecule has 0 fully saturated rings. The Hall–Kier alpha value is -0.361. The summed E-state index contributed by atoms with van der Waals surface area (Å²) in [6.07, 6.45) is 0.750. The van der Waals surface area contributed by atoms with Gasteiger partial charge in [-0.05, 0) is 0 Å². The van der Waals surface area contributed by atoms with E-state index >= 15 is 0 Å². The molecule has 3 heteroatoms. The van der Waals surface area contributed by atoms with E-state index in [-0.39, 0.29) is 13.0 Å². The summed E-state index contributed by atoms with van der Waals surface area (Å²) in [5.41, 5.74) is 0. The molecule has 1 amide bonds. The maximum atomic E-state index is 9.43. The predicted octanol–water partition coefficient (Wildman–Crippen LogP) is -0.451. The van der Waals surface area contributed by atoms with Gasteiger partial charge in [0.25, 0.3) is 0 Å². The minimum absolute atomic E-state index is 0. The van der Waals surface area contributed by atoms with Gasteiger partial charge < -0.3 is 7.75 Å². The van der Waals surface area contributed by atoms with E-state index in [1.807, 2.05) is 0 Å². The quantitative estimate of drug-likeness (QED) is 0.311. The summed E-state index contributed by atoms with van der Waals surface area (Å²) in [7, 11) is 3.38. The minimum Gasteiger partial charge on any atom is -1.00 e. The van der Waals surface area contributed by atoms with Crippen LogP contribution in [0.5, 0.6) is 0 Å². The molecular weight excluding hydrogens is 75.1 g/mol. The smallest absolute Gasteiger partial charge is 1.00 e. The van der Waals surface area contributed by atoms with E-state index in [1.54, 1.807) is 14.1 Å². The zero-order valence-corrected chi connectivity index (χ0v) is 4.14. The van der Waals surface area contributed by atoms with Crippen molar-refractivity contribution in [3.8, 4) is 0 Å². The fourth-order valence-corrected chi connectivity index (χ4v) is 0. The molecule has 0 N–H and O–H groups in total. The van der Waals surface area contributed by atoms with Crippen molar-refractivity contribution >= 4 is 16.5 Å². The van der Waals surface area contributed by atoms with Crippen LogP contribution in [0.3, 0.4) is 0 Å². The van der Waals surface area contributed by atoms with E-state index < -0.39 is 0 Å². The predicted molar refractivity (Wildman–Crippen MR) is 27.7 cm³/mol. The van der Waals surface area contributed by atoms with Crippen LogP contribution >= 0.6 is 0 Å². The van der Waals surface area contributed by atoms with Gasteiger partial charge in [-0.15, -0.1) is 0 Å². The molecule has 0 atom stereocenters. The fourth-order valence-electron chi connectivity index (χ4n) is 0. The van der Waals surface area contributed by atoms with Gasteiger partial charge in [-0.2, -0.15) is 0 Å². The van der Waals surface area contributed by atoms with Crippen molar-refractivity contribution in [1.82, 2.24) is 4.90 Å². The number of hydrogen-bond acceptors (Lipinski definition) is 1. The summed E-state index contributed by atoms with van der Waals surface area (Å²) in [5.74, 6) is 0. The van der Waals surface area contributed by atoms with Crippen molar-refractivity contribution in [2.45, 2.75) is 0 Å². The molecule has 0 aromatic rings. The number of rotatable bonds is 1. The molecule has 2 nitrogen and oxygen atoms in total. The summed E-state index contributed by atoms with van der Waals surface area (Å²) in [4.78, 5) is 10.9. The maximum Gasteiger partial charge on any atom is 2.00 e. The van der Waals surface area contributed by atoms with Gasteiger partial charge in [0, 0.05) is 14.1 Å². The van der Waals surface area contributed by atoms with Gasteiger partial charge in [-0.25, -0.2) is 0 Å². The SMILES string of the molecule is CN(C)C=O.[Be+2].[H-].[H-]. The van der Waals surface area contributed by atoms with E-state index in [4.69, 9.17) is 0 Å². The third kappa shape index (κ3) is 9.43. The molecule has 0 aliphatic rings. The average molecular weight is 84.1 g/mol. The molecule has 0 aromatic carbocycles. The van der Waals surface area contributed by atoms with Gasteiger partial charge in [-0.1, -0.05) is 0 Å². The van der Waals surface area contributed by atoms with Crippen molar-refractivity contribution in [2.75, 3.05) is 14.1 Å². The molecule has 0 spiro atoms. The number of carbonyl (C=O) groups excluding carboxylic acids is 1. The van der Waals surface area contributed by atoms with Crippen LogP contribution in [0.25, 0.3) is 0 Å². The second-order valence-corrected chi connectivity index (χ2v) is 1.07. The van der Waals surface area contributed by atoms with E-state index in [0.29, 0.717) is 0 Å². The monoisotopic (exact) mass is 84.1 g/mol. The second-order valence-electron chi connectivity index (χ2n) is 1.07. The number of carbonyl (C=O) groups is 1. The van der Waals surface area contributed by atoms with Gasteiger partial charge in [0.1, 0.15) is 0 Å². The van der Waals surface area contributed by atoms with Crippen molar-refractivity contribution in [1.29, 1.82) is 0 Å². The van der Waals surface area contributed by atoms with Crippen LogP contribution in [0.4, 0.5) is 0 Å². The van der Waals surface area contributed by atoms with Crippen LogP contribution in [0.2, 0.25) is 0 Å². The van der Waals surface area contributed by atoms with Crippen LogP contribution in [0.1, 0.15) is 2.85 Å². The Morgan fingerprint density at radius 1 is 1.67 bits per heavy atom. The first-order valence-corrected chi connectivity index (χ1v) is 1.39. The van der Waals surface area contributed by atoms with Gasteiger partial charge in [0.05, 0.1) is 0 Å². The molecule has 0 saturated heterocycles. The van der Waals surface area contributed by atoms with Crippen LogP contribution in [0, 0.1) is 0 Å². The number of amides is 1.